The largest absolute Gasteiger partial charge is 0.573 e. The molecule has 12 rings (SSSR count). The number of benzene rings is 6. The quantitative estimate of drug-likeness (QED) is 0.0150. The molecule has 130 heavy (non-hydrogen) atoms. The predicted molar refractivity (Wildman–Crippen MR) is 495 cm³/mol. The third kappa shape index (κ3) is 37.4. The van der Waals surface area contributed by atoms with Crippen LogP contribution in [0.15, 0.2) is 178 Å². The summed E-state index contributed by atoms with van der Waals surface area (Å²) in [5.41, 5.74) is 6.98. The molecule has 1 unspecified atom stereocenters. The number of rotatable bonds is 39. The fraction of sp³-hybridized carbons (Fsp3) is 0.362. The van der Waals surface area contributed by atoms with Crippen LogP contribution < -0.4 is 28.4 Å². The van der Waals surface area contributed by atoms with Gasteiger partial charge in [0.25, 0.3) is 0 Å². The van der Waals surface area contributed by atoms with Gasteiger partial charge in [-0.3, -0.25) is 0 Å². The van der Waals surface area contributed by atoms with Gasteiger partial charge in [-0.2, -0.15) is 13.2 Å². The first-order chi connectivity index (χ1) is 62.6. The molecule has 1 atom stereocenters. The average molecular weight is 1910 g/mol. The number of ether oxygens (including phenoxy) is 12. The molecule has 0 bridgehead atoms. The number of aromatic nitrogens is 6. The second-order valence-corrected chi connectivity index (χ2v) is 32.3. The van der Waals surface area contributed by atoms with Gasteiger partial charge in [0.05, 0.1) is 65.6 Å². The Labute approximate surface area is 775 Å². The highest BCUT2D eigenvalue weighted by molar-refractivity contribution is 7.15. The van der Waals surface area contributed by atoms with Crippen molar-refractivity contribution < 1.29 is 112 Å². The molecule has 696 valence electrons. The zero-order valence-corrected chi connectivity index (χ0v) is 78.7. The van der Waals surface area contributed by atoms with E-state index in [0.29, 0.717) is 70.3 Å². The third-order valence-electron chi connectivity index (χ3n) is 17.1. The molecule has 0 aliphatic heterocycles. The first-order valence-electron chi connectivity index (χ1n) is 42.0. The lowest BCUT2D eigenvalue weighted by Crippen LogP contribution is -2.19. The summed E-state index contributed by atoms with van der Waals surface area (Å²) in [6.07, 6.45) is 2.49. The van der Waals surface area contributed by atoms with Crippen LogP contribution in [0.2, 0.25) is 0 Å². The zero-order chi connectivity index (χ0) is 94.2. The maximum absolute atomic E-state index is 12.0. The molecule has 6 aromatic heterocycles. The highest BCUT2D eigenvalue weighted by Gasteiger charge is 2.32. The molecule has 0 radical (unpaired) electrons. The normalized spacial score (nSPS) is 11.0. The first-order valence-corrected chi connectivity index (χ1v) is 47.3. The van der Waals surface area contributed by atoms with Crippen molar-refractivity contribution in [1.29, 1.82) is 0 Å². The Morgan fingerprint density at radius 3 is 0.746 bits per heavy atom. The van der Waals surface area contributed by atoms with E-state index < -0.39 is 31.1 Å². The number of nitrogens with zero attached hydrogens (tertiary/aromatic N) is 6. The van der Waals surface area contributed by atoms with Crippen molar-refractivity contribution >= 4 is 104 Å². The van der Waals surface area contributed by atoms with E-state index in [1.165, 1.54) is 142 Å². The number of thiazole rings is 6. The monoisotopic (exact) mass is 1910 g/mol. The van der Waals surface area contributed by atoms with E-state index in [-0.39, 0.29) is 66.1 Å². The van der Waals surface area contributed by atoms with E-state index in [4.69, 9.17) is 47.4 Å². The van der Waals surface area contributed by atoms with Gasteiger partial charge >= 0.3 is 48.4 Å². The lowest BCUT2D eigenvalue weighted by molar-refractivity contribution is -0.274. The summed E-state index contributed by atoms with van der Waals surface area (Å²) in [6, 6.07) is 42.4. The maximum Gasteiger partial charge on any atom is 0.573 e. The SMILES string of the molecule is CCCCCCOc1ccc(-c2nc(C(=O)OCC)cs2)cc1.CCCCCOc1ccc(-c2nc(C(=O)OCC)cs2)cc1.CCCCOc1ccc(-c2nc(C(=O)OCC)cs2)cc1.CCOC(=O)c1csc(-c2ccc(OC(C)CC)cc2)n1.CCOC(=O)c1csc(-c2ccc(OC(F)(F)F)cc2)n1.CCOC(=O)c1csc(-c2ccc(OCC(F)(F)F)cc2)n1. The van der Waals surface area contributed by atoms with Gasteiger partial charge in [0.1, 0.15) is 64.5 Å². The Bertz CT molecular complexity index is 5340. The first kappa shape index (κ1) is 105. The average Bonchev–Trinajstić information content (AvgIpc) is 1.76. The van der Waals surface area contributed by atoms with E-state index in [9.17, 15) is 55.1 Å². The molecular formula is C94H104F6N6O18S6. The van der Waals surface area contributed by atoms with Crippen LogP contribution in [0.3, 0.4) is 0 Å². The zero-order valence-electron chi connectivity index (χ0n) is 73.8. The van der Waals surface area contributed by atoms with Crippen LogP contribution in [0, 0.1) is 0 Å². The van der Waals surface area contributed by atoms with Crippen LogP contribution in [0.4, 0.5) is 26.3 Å². The van der Waals surface area contributed by atoms with Crippen LogP contribution in [0.25, 0.3) is 63.4 Å². The number of alkyl halides is 6. The number of carbonyl (C=O) groups excluding carboxylic acids is 6. The fourth-order valence-electron chi connectivity index (χ4n) is 10.6. The number of esters is 6. The lowest BCUT2D eigenvalue weighted by atomic mass is 10.2. The van der Waals surface area contributed by atoms with Crippen molar-refractivity contribution in [2.45, 2.75) is 159 Å². The highest BCUT2D eigenvalue weighted by Crippen LogP contribution is 2.34. The topological polar surface area (TPSA) is 291 Å². The molecule has 0 saturated carbocycles. The predicted octanol–water partition coefficient (Wildman–Crippen LogP) is 25.6. The van der Waals surface area contributed by atoms with Crippen molar-refractivity contribution in [3.8, 4) is 97.9 Å². The molecule has 6 aromatic carbocycles. The van der Waals surface area contributed by atoms with Crippen molar-refractivity contribution in [3.05, 3.63) is 212 Å². The molecule has 36 heteroatoms. The second-order valence-electron chi connectivity index (χ2n) is 27.2. The van der Waals surface area contributed by atoms with Crippen LogP contribution in [-0.2, 0) is 28.4 Å². The summed E-state index contributed by atoms with van der Waals surface area (Å²) in [4.78, 5) is 94.9. The van der Waals surface area contributed by atoms with Gasteiger partial charge in [-0.15, -0.1) is 81.2 Å². The minimum atomic E-state index is -4.72. The number of unbranched alkanes of at least 4 members (excludes halogenated alkanes) is 6. The van der Waals surface area contributed by atoms with E-state index in [1.54, 1.807) is 80.6 Å². The van der Waals surface area contributed by atoms with Crippen molar-refractivity contribution in [3.63, 3.8) is 0 Å². The molecular weight excluding hydrogens is 1810 g/mol. The van der Waals surface area contributed by atoms with E-state index >= 15 is 0 Å². The summed E-state index contributed by atoms with van der Waals surface area (Å²) in [5.74, 6) is 0.696. The molecule has 24 nitrogen and oxygen atoms in total. The number of carbonyl (C=O) groups is 6. The van der Waals surface area contributed by atoms with Gasteiger partial charge in [0, 0.05) is 65.7 Å². The standard InChI is InChI=1S/C18H23NO3S.C17H21NO3S.2C16H19NO3S.C14H12F3NO3S.C13H10F3NO3S/c1-3-5-6-7-12-22-15-10-8-14(9-11-15)17-19-16(13-23-17)18(20)21-4-2;1-3-5-6-11-21-14-9-7-13(8-10-14)16-18-15(12-22-16)17(19)20-4-2;1-4-11(3)20-13-8-6-12(7-9-13)15-17-14(10-21-15)16(18)19-5-2;1-3-5-10-20-13-8-6-12(7-9-13)15-17-14(11-21-15)16(18)19-4-2;1-2-20-13(19)11-7-22-12(18-11)9-3-5-10(6-4-9)21-8-14(15,16)17;1-2-19-12(18)10-7-21-11(17-10)8-3-5-9(6-4-8)20-13(14,15)16/h8-11,13H,3-7,12H2,1-2H3;7-10,12H,3-6,11H2,1-2H3;6-11H,4-5H2,1-3H3;6-9,11H,3-5,10H2,1-2H3;3-7H,2,8H2,1H3;3-7H,2H2,1H3. The smallest absolute Gasteiger partial charge is 0.494 e. The molecule has 6 heterocycles. The molecule has 0 aliphatic rings. The number of hydrogen-bond donors (Lipinski definition) is 0. The second kappa shape index (κ2) is 56.7. The van der Waals surface area contributed by atoms with E-state index in [1.807, 2.05) is 104 Å². The molecule has 0 spiro atoms. The molecule has 0 amide bonds. The van der Waals surface area contributed by atoms with Crippen LogP contribution in [0.1, 0.15) is 203 Å². The number of halogens is 6. The Balaban J connectivity index is 0.000000213. The fourth-order valence-corrected chi connectivity index (χ4v) is 15.3. The highest BCUT2D eigenvalue weighted by atomic mass is 32.1. The Kier molecular flexibility index (Phi) is 45.9. The van der Waals surface area contributed by atoms with Gasteiger partial charge in [-0.1, -0.05) is 66.2 Å². The van der Waals surface area contributed by atoms with Crippen LogP contribution in [0.5, 0.6) is 34.5 Å². The summed E-state index contributed by atoms with van der Waals surface area (Å²) in [5, 5.41) is 14.3. The van der Waals surface area contributed by atoms with Gasteiger partial charge < -0.3 is 56.8 Å². The third-order valence-corrected chi connectivity index (χ3v) is 22.5. The van der Waals surface area contributed by atoms with E-state index in [2.05, 4.69) is 67.1 Å². The van der Waals surface area contributed by atoms with Crippen molar-refractivity contribution in [2.24, 2.45) is 0 Å². The molecule has 0 fully saturated rings. The van der Waals surface area contributed by atoms with Crippen LogP contribution >= 0.6 is 68.0 Å². The Morgan fingerprint density at radius 1 is 0.292 bits per heavy atom. The van der Waals surface area contributed by atoms with Crippen molar-refractivity contribution in [2.75, 3.05) is 66.1 Å². The molecule has 0 aliphatic carbocycles. The summed E-state index contributed by atoms with van der Waals surface area (Å²) >= 11 is 8.18. The summed E-state index contributed by atoms with van der Waals surface area (Å²) < 4.78 is 133. The maximum atomic E-state index is 12.0. The summed E-state index contributed by atoms with van der Waals surface area (Å²) in [6.45, 7) is 24.0. The Morgan fingerprint density at radius 2 is 0.515 bits per heavy atom. The van der Waals surface area contributed by atoms with Gasteiger partial charge in [-0.05, 0) is 220 Å². The van der Waals surface area contributed by atoms with Gasteiger partial charge in [-0.25, -0.2) is 58.7 Å². The van der Waals surface area contributed by atoms with Gasteiger partial charge in [0.2, 0.25) is 0 Å². The Hall–Kier alpha value is -11.7. The molecule has 0 saturated heterocycles. The summed E-state index contributed by atoms with van der Waals surface area (Å²) in [7, 11) is 0. The van der Waals surface area contributed by atoms with Crippen molar-refractivity contribution in [1.82, 2.24) is 29.9 Å². The van der Waals surface area contributed by atoms with E-state index in [0.717, 1.165) is 117 Å². The minimum Gasteiger partial charge on any atom is -0.494 e. The number of hydrogen-bond acceptors (Lipinski definition) is 30. The van der Waals surface area contributed by atoms with Crippen LogP contribution in [-0.4, -0.2) is 150 Å². The molecule has 12 aromatic rings. The van der Waals surface area contributed by atoms with Gasteiger partial charge in [0.15, 0.2) is 40.8 Å². The minimum absolute atomic E-state index is 0.114. The lowest BCUT2D eigenvalue weighted by Gasteiger charge is -2.12. The molecule has 0 N–H and O–H groups in total.